The van der Waals surface area contributed by atoms with Crippen molar-refractivity contribution < 1.29 is 14.3 Å². The molecule has 0 aliphatic carbocycles. The van der Waals surface area contributed by atoms with Crippen LogP contribution in [0.5, 0.6) is 0 Å². The summed E-state index contributed by atoms with van der Waals surface area (Å²) in [5.41, 5.74) is 0.494. The number of carbonyl (C=O) groups excluding carboxylic acids is 1. The second-order valence-electron chi connectivity index (χ2n) is 4.97. The lowest BCUT2D eigenvalue weighted by Crippen LogP contribution is -2.45. The van der Waals surface area contributed by atoms with E-state index in [1.807, 2.05) is 31.2 Å². The molecule has 1 aliphatic heterocycles. The van der Waals surface area contributed by atoms with Gasteiger partial charge in [0.05, 0.1) is 19.8 Å². The lowest BCUT2D eigenvalue weighted by Gasteiger charge is -2.20. The first-order valence-corrected chi connectivity index (χ1v) is 7.02. The maximum Gasteiger partial charge on any atom is 0.325 e. The van der Waals surface area contributed by atoms with Crippen LogP contribution in [0.4, 0.5) is 0 Å². The summed E-state index contributed by atoms with van der Waals surface area (Å²) in [6, 6.07) is 8.02. The summed E-state index contributed by atoms with van der Waals surface area (Å²) in [7, 11) is 1.41. The zero-order chi connectivity index (χ0) is 13.9. The fourth-order valence-corrected chi connectivity index (χ4v) is 2.50. The van der Waals surface area contributed by atoms with E-state index in [1.54, 1.807) is 0 Å². The van der Waals surface area contributed by atoms with Gasteiger partial charge in [-0.05, 0) is 24.6 Å². The number of benzene rings is 1. The molecule has 1 aliphatic rings. The monoisotopic (exact) mass is 327 g/mol. The molecule has 19 heavy (non-hydrogen) atoms. The highest BCUT2D eigenvalue weighted by molar-refractivity contribution is 9.10. The summed E-state index contributed by atoms with van der Waals surface area (Å²) in [6.45, 7) is 3.07. The first-order chi connectivity index (χ1) is 9.03. The van der Waals surface area contributed by atoms with Gasteiger partial charge in [-0.1, -0.05) is 28.1 Å². The molecule has 0 radical (unpaired) electrons. The summed E-state index contributed by atoms with van der Waals surface area (Å²) >= 11 is 3.40. The molecule has 104 valence electrons. The minimum atomic E-state index is -0.626. The summed E-state index contributed by atoms with van der Waals surface area (Å²) in [6.07, 6.45) is 0.670. The van der Waals surface area contributed by atoms with Gasteiger partial charge in [0.1, 0.15) is 5.54 Å². The molecule has 0 spiro atoms. The number of methoxy groups -OCH3 is 1. The van der Waals surface area contributed by atoms with Crippen molar-refractivity contribution in [2.75, 3.05) is 13.7 Å². The van der Waals surface area contributed by atoms with Gasteiger partial charge in [-0.25, -0.2) is 0 Å². The van der Waals surface area contributed by atoms with Gasteiger partial charge >= 0.3 is 5.97 Å². The van der Waals surface area contributed by atoms with Crippen LogP contribution in [0.25, 0.3) is 0 Å². The van der Waals surface area contributed by atoms with Crippen LogP contribution in [0.15, 0.2) is 28.7 Å². The van der Waals surface area contributed by atoms with Crippen LogP contribution in [0.2, 0.25) is 0 Å². The average molecular weight is 328 g/mol. The Morgan fingerprint density at radius 3 is 2.79 bits per heavy atom. The molecule has 1 saturated heterocycles. The van der Waals surface area contributed by atoms with E-state index in [2.05, 4.69) is 21.2 Å². The minimum Gasteiger partial charge on any atom is -0.468 e. The van der Waals surface area contributed by atoms with E-state index >= 15 is 0 Å². The van der Waals surface area contributed by atoms with Crippen molar-refractivity contribution in [1.82, 2.24) is 5.32 Å². The quantitative estimate of drug-likeness (QED) is 0.862. The Bertz CT molecular complexity index is 449. The highest BCUT2D eigenvalue weighted by Gasteiger charge is 2.42. The predicted molar refractivity (Wildman–Crippen MR) is 75.8 cm³/mol. The second kappa shape index (κ2) is 6.03. The van der Waals surface area contributed by atoms with Crippen molar-refractivity contribution in [1.29, 1.82) is 0 Å². The molecular formula is C14H18BrNO3. The zero-order valence-corrected chi connectivity index (χ0v) is 12.7. The van der Waals surface area contributed by atoms with Crippen LogP contribution in [-0.4, -0.2) is 31.3 Å². The van der Waals surface area contributed by atoms with E-state index in [0.717, 1.165) is 10.0 Å². The molecule has 0 saturated carbocycles. The molecule has 4 nitrogen and oxygen atoms in total. The highest BCUT2D eigenvalue weighted by Crippen LogP contribution is 2.23. The molecule has 1 N–H and O–H groups in total. The first kappa shape index (κ1) is 14.5. The first-order valence-electron chi connectivity index (χ1n) is 6.23. The number of hydrogen-bond donors (Lipinski definition) is 1. The van der Waals surface area contributed by atoms with E-state index in [0.29, 0.717) is 19.6 Å². The molecule has 1 aromatic carbocycles. The lowest BCUT2D eigenvalue weighted by molar-refractivity contribution is -0.147. The largest absolute Gasteiger partial charge is 0.468 e. The van der Waals surface area contributed by atoms with E-state index in [4.69, 9.17) is 9.47 Å². The Kier molecular flexibility index (Phi) is 4.60. The lowest BCUT2D eigenvalue weighted by atomic mass is 10.00. The topological polar surface area (TPSA) is 47.6 Å². The van der Waals surface area contributed by atoms with Gasteiger partial charge in [-0.2, -0.15) is 0 Å². The second-order valence-corrected chi connectivity index (χ2v) is 5.88. The maximum atomic E-state index is 11.6. The number of carbonyl (C=O) groups is 1. The number of rotatable bonds is 4. The van der Waals surface area contributed by atoms with Crippen LogP contribution in [0.1, 0.15) is 18.9 Å². The Morgan fingerprint density at radius 2 is 2.16 bits per heavy atom. The minimum absolute atomic E-state index is 0.0350. The number of nitrogens with one attached hydrogen (secondary N) is 1. The molecule has 2 unspecified atom stereocenters. The van der Waals surface area contributed by atoms with Gasteiger partial charge in [-0.3, -0.25) is 10.1 Å². The van der Waals surface area contributed by atoms with Gasteiger partial charge in [0.2, 0.25) is 0 Å². The normalized spacial score (nSPS) is 26.4. The number of esters is 1. The van der Waals surface area contributed by atoms with E-state index in [1.165, 1.54) is 7.11 Å². The Labute approximate surface area is 121 Å². The molecule has 2 atom stereocenters. The zero-order valence-electron chi connectivity index (χ0n) is 11.1. The van der Waals surface area contributed by atoms with Crippen LogP contribution < -0.4 is 5.32 Å². The van der Waals surface area contributed by atoms with Crippen molar-refractivity contribution in [2.45, 2.75) is 31.6 Å². The third kappa shape index (κ3) is 3.55. The summed E-state index contributed by atoms with van der Waals surface area (Å²) in [5.74, 6) is -0.234. The Hall–Kier alpha value is -0.910. The van der Waals surface area contributed by atoms with Crippen LogP contribution >= 0.6 is 15.9 Å². The van der Waals surface area contributed by atoms with E-state index < -0.39 is 5.54 Å². The predicted octanol–water partition coefficient (Wildman–Crippen LogP) is 2.26. The average Bonchev–Trinajstić information content (AvgIpc) is 2.80. The summed E-state index contributed by atoms with van der Waals surface area (Å²) in [4.78, 5) is 11.6. The molecule has 1 fully saturated rings. The van der Waals surface area contributed by atoms with Gasteiger partial charge < -0.3 is 9.47 Å². The summed E-state index contributed by atoms with van der Waals surface area (Å²) < 4.78 is 11.7. The third-order valence-electron chi connectivity index (χ3n) is 3.39. The SMILES string of the molecule is COC(=O)C1(C)CC(OCc2ccc(Br)cc2)CN1. The van der Waals surface area contributed by atoms with Crippen molar-refractivity contribution >= 4 is 21.9 Å². The molecular weight excluding hydrogens is 310 g/mol. The van der Waals surface area contributed by atoms with Crippen molar-refractivity contribution in [3.05, 3.63) is 34.3 Å². The molecule has 1 aromatic rings. The van der Waals surface area contributed by atoms with Crippen molar-refractivity contribution in [3.63, 3.8) is 0 Å². The highest BCUT2D eigenvalue weighted by atomic mass is 79.9. The smallest absolute Gasteiger partial charge is 0.325 e. The van der Waals surface area contributed by atoms with Gasteiger partial charge in [0.25, 0.3) is 0 Å². The third-order valence-corrected chi connectivity index (χ3v) is 3.92. The number of ether oxygens (including phenoxy) is 2. The van der Waals surface area contributed by atoms with Crippen molar-refractivity contribution in [2.24, 2.45) is 0 Å². The van der Waals surface area contributed by atoms with Crippen LogP contribution in [-0.2, 0) is 20.9 Å². The number of halogens is 1. The Balaban J connectivity index is 1.85. The molecule has 0 aromatic heterocycles. The maximum absolute atomic E-state index is 11.6. The fourth-order valence-electron chi connectivity index (χ4n) is 2.23. The molecule has 0 bridgehead atoms. The number of hydrogen-bond acceptors (Lipinski definition) is 4. The molecule has 0 amide bonds. The van der Waals surface area contributed by atoms with Gasteiger partial charge in [-0.15, -0.1) is 0 Å². The van der Waals surface area contributed by atoms with E-state index in [9.17, 15) is 4.79 Å². The molecule has 1 heterocycles. The van der Waals surface area contributed by atoms with Crippen molar-refractivity contribution in [3.8, 4) is 0 Å². The Morgan fingerprint density at radius 1 is 1.47 bits per heavy atom. The van der Waals surface area contributed by atoms with Gasteiger partial charge in [0.15, 0.2) is 0 Å². The fraction of sp³-hybridized carbons (Fsp3) is 0.500. The molecule has 5 heteroatoms. The van der Waals surface area contributed by atoms with Gasteiger partial charge in [0, 0.05) is 17.4 Å². The van der Waals surface area contributed by atoms with Crippen LogP contribution in [0, 0.1) is 0 Å². The summed E-state index contributed by atoms with van der Waals surface area (Å²) in [5, 5.41) is 3.17. The standard InChI is InChI=1S/C14H18BrNO3/c1-14(13(17)18-2)7-12(8-16-14)19-9-10-3-5-11(15)6-4-10/h3-6,12,16H,7-9H2,1-2H3. The molecule has 2 rings (SSSR count). The van der Waals surface area contributed by atoms with E-state index in [-0.39, 0.29) is 12.1 Å². The van der Waals surface area contributed by atoms with Crippen LogP contribution in [0.3, 0.4) is 0 Å².